The van der Waals surface area contributed by atoms with E-state index >= 15 is 0 Å². The van der Waals surface area contributed by atoms with Crippen LogP contribution in [0, 0.1) is 5.82 Å². The van der Waals surface area contributed by atoms with Gasteiger partial charge in [-0.3, -0.25) is 4.98 Å². The van der Waals surface area contributed by atoms with E-state index in [-0.39, 0.29) is 5.82 Å². The lowest BCUT2D eigenvalue weighted by Gasteiger charge is -1.94. The number of nitrogens with one attached hydrogen (secondary N) is 1. The Morgan fingerprint density at radius 1 is 1.24 bits per heavy atom. The molecule has 0 aliphatic heterocycles. The van der Waals surface area contributed by atoms with E-state index < -0.39 is 0 Å². The largest absolute Gasteiger partial charge is 0.338 e. The first-order valence-corrected chi connectivity index (χ1v) is 5.78. The molecule has 3 rings (SSSR count). The number of hydrogen-bond acceptors (Lipinski definition) is 2. The molecule has 0 aliphatic rings. The van der Waals surface area contributed by atoms with Gasteiger partial charge in [-0.05, 0) is 34.1 Å². The van der Waals surface area contributed by atoms with E-state index in [0.717, 1.165) is 15.5 Å². The quantitative estimate of drug-likeness (QED) is 0.745. The number of H-pyrrole nitrogens is 1. The smallest absolute Gasteiger partial charge is 0.142 e. The van der Waals surface area contributed by atoms with E-state index in [0.29, 0.717) is 11.4 Å². The molecule has 1 aromatic carbocycles. The van der Waals surface area contributed by atoms with E-state index in [1.165, 1.54) is 12.3 Å². The van der Waals surface area contributed by atoms with E-state index in [1.54, 1.807) is 6.20 Å². The fourth-order valence-electron chi connectivity index (χ4n) is 1.68. The Balaban J connectivity index is 2.22. The first-order chi connectivity index (χ1) is 8.24. The average Bonchev–Trinajstić information content (AvgIpc) is 2.74. The highest BCUT2D eigenvalue weighted by Crippen LogP contribution is 2.25. The SMILES string of the molecule is Fc1cncc(-c2nc3c(Br)cccc3[nH]2)c1. The number of fused-ring (bicyclic) bond motifs is 1. The molecule has 0 saturated carbocycles. The molecule has 0 amide bonds. The van der Waals surface area contributed by atoms with Gasteiger partial charge in [-0.25, -0.2) is 9.37 Å². The van der Waals surface area contributed by atoms with Crippen LogP contribution in [0.25, 0.3) is 22.4 Å². The number of nitrogens with zero attached hydrogens (tertiary/aromatic N) is 2. The molecule has 3 aromatic rings. The third-order valence-corrected chi connectivity index (χ3v) is 3.08. The van der Waals surface area contributed by atoms with Crippen molar-refractivity contribution in [2.45, 2.75) is 0 Å². The average molecular weight is 292 g/mol. The summed E-state index contributed by atoms with van der Waals surface area (Å²) >= 11 is 3.42. The number of para-hydroxylation sites is 1. The summed E-state index contributed by atoms with van der Waals surface area (Å²) in [6.45, 7) is 0. The zero-order chi connectivity index (χ0) is 11.8. The molecule has 17 heavy (non-hydrogen) atoms. The van der Waals surface area contributed by atoms with Crippen molar-refractivity contribution >= 4 is 27.0 Å². The summed E-state index contributed by atoms with van der Waals surface area (Å²) in [4.78, 5) is 11.4. The summed E-state index contributed by atoms with van der Waals surface area (Å²) in [5, 5.41) is 0. The number of pyridine rings is 1. The molecule has 0 aliphatic carbocycles. The van der Waals surface area contributed by atoms with E-state index in [9.17, 15) is 4.39 Å². The van der Waals surface area contributed by atoms with E-state index in [1.807, 2.05) is 18.2 Å². The maximum atomic E-state index is 13.1. The van der Waals surface area contributed by atoms with Crippen LogP contribution in [0.15, 0.2) is 41.1 Å². The van der Waals surface area contributed by atoms with Gasteiger partial charge in [0.25, 0.3) is 0 Å². The van der Waals surface area contributed by atoms with Crippen molar-refractivity contribution in [3.8, 4) is 11.4 Å². The highest BCUT2D eigenvalue weighted by molar-refractivity contribution is 9.10. The molecule has 0 radical (unpaired) electrons. The van der Waals surface area contributed by atoms with Crippen molar-refractivity contribution in [2.24, 2.45) is 0 Å². The van der Waals surface area contributed by atoms with Crippen LogP contribution in [0.5, 0.6) is 0 Å². The Morgan fingerprint density at radius 2 is 2.12 bits per heavy atom. The summed E-state index contributed by atoms with van der Waals surface area (Å²) < 4.78 is 14.0. The Bertz CT molecular complexity index is 693. The molecule has 3 nitrogen and oxygen atoms in total. The zero-order valence-corrected chi connectivity index (χ0v) is 10.2. The van der Waals surface area contributed by atoms with Crippen molar-refractivity contribution in [3.63, 3.8) is 0 Å². The highest BCUT2D eigenvalue weighted by atomic mass is 79.9. The molecule has 0 unspecified atom stereocenters. The van der Waals surface area contributed by atoms with Gasteiger partial charge in [0.15, 0.2) is 0 Å². The molecular formula is C12H7BrFN3. The molecule has 0 bridgehead atoms. The van der Waals surface area contributed by atoms with Gasteiger partial charge in [-0.1, -0.05) is 6.07 Å². The predicted octanol–water partition coefficient (Wildman–Crippen LogP) is 3.53. The number of hydrogen-bond donors (Lipinski definition) is 1. The van der Waals surface area contributed by atoms with Crippen LogP contribution < -0.4 is 0 Å². The third-order valence-electron chi connectivity index (χ3n) is 2.44. The maximum Gasteiger partial charge on any atom is 0.142 e. The highest BCUT2D eigenvalue weighted by Gasteiger charge is 2.08. The summed E-state index contributed by atoms with van der Waals surface area (Å²) in [7, 11) is 0. The number of aromatic amines is 1. The Morgan fingerprint density at radius 3 is 2.88 bits per heavy atom. The summed E-state index contributed by atoms with van der Waals surface area (Å²) in [5.41, 5.74) is 2.36. The summed E-state index contributed by atoms with van der Waals surface area (Å²) in [6.07, 6.45) is 2.75. The first kappa shape index (κ1) is 10.4. The number of imidazole rings is 1. The fraction of sp³-hybridized carbons (Fsp3) is 0. The molecule has 0 fully saturated rings. The lowest BCUT2D eigenvalue weighted by Crippen LogP contribution is -1.84. The standard InChI is InChI=1S/C12H7BrFN3/c13-9-2-1-3-10-11(9)17-12(16-10)7-4-8(14)6-15-5-7/h1-6H,(H,16,17). The van der Waals surface area contributed by atoms with Crippen molar-refractivity contribution in [1.82, 2.24) is 15.0 Å². The topological polar surface area (TPSA) is 41.6 Å². The summed E-state index contributed by atoms with van der Waals surface area (Å²) in [6, 6.07) is 7.15. The zero-order valence-electron chi connectivity index (χ0n) is 8.61. The van der Waals surface area contributed by atoms with Crippen LogP contribution in [0.3, 0.4) is 0 Å². The normalized spacial score (nSPS) is 10.9. The van der Waals surface area contributed by atoms with Crippen molar-refractivity contribution in [3.05, 3.63) is 46.9 Å². The van der Waals surface area contributed by atoms with Crippen LogP contribution in [-0.2, 0) is 0 Å². The molecule has 0 spiro atoms. The predicted molar refractivity (Wildman–Crippen MR) is 67.0 cm³/mol. The van der Waals surface area contributed by atoms with Crippen LogP contribution >= 0.6 is 15.9 Å². The molecule has 5 heteroatoms. The molecule has 84 valence electrons. The Hall–Kier alpha value is -1.75. The molecule has 0 atom stereocenters. The van der Waals surface area contributed by atoms with Gasteiger partial charge >= 0.3 is 0 Å². The van der Waals surface area contributed by atoms with Crippen LogP contribution in [0.4, 0.5) is 4.39 Å². The molecule has 0 saturated heterocycles. The van der Waals surface area contributed by atoms with Gasteiger partial charge in [-0.2, -0.15) is 0 Å². The minimum atomic E-state index is -0.373. The Labute approximate surface area is 105 Å². The molecule has 1 N–H and O–H groups in total. The molecular weight excluding hydrogens is 285 g/mol. The summed E-state index contributed by atoms with van der Waals surface area (Å²) in [5.74, 6) is 0.237. The minimum absolute atomic E-state index is 0.373. The minimum Gasteiger partial charge on any atom is -0.338 e. The number of aromatic nitrogens is 3. The fourth-order valence-corrected chi connectivity index (χ4v) is 2.13. The van der Waals surface area contributed by atoms with Gasteiger partial charge in [0, 0.05) is 16.2 Å². The van der Waals surface area contributed by atoms with Crippen LogP contribution in [0.2, 0.25) is 0 Å². The second kappa shape index (κ2) is 3.92. The van der Waals surface area contributed by atoms with Gasteiger partial charge in [0.2, 0.25) is 0 Å². The van der Waals surface area contributed by atoms with E-state index in [2.05, 4.69) is 30.9 Å². The van der Waals surface area contributed by atoms with Crippen LogP contribution in [-0.4, -0.2) is 15.0 Å². The second-order valence-corrected chi connectivity index (χ2v) is 4.47. The molecule has 2 aromatic heterocycles. The lowest BCUT2D eigenvalue weighted by atomic mass is 10.3. The lowest BCUT2D eigenvalue weighted by molar-refractivity contribution is 0.622. The number of rotatable bonds is 1. The van der Waals surface area contributed by atoms with Crippen molar-refractivity contribution < 1.29 is 4.39 Å². The van der Waals surface area contributed by atoms with Gasteiger partial charge in [0.1, 0.15) is 17.2 Å². The number of halogens is 2. The van der Waals surface area contributed by atoms with E-state index in [4.69, 9.17) is 0 Å². The molecule has 2 heterocycles. The van der Waals surface area contributed by atoms with Crippen molar-refractivity contribution in [1.29, 1.82) is 0 Å². The van der Waals surface area contributed by atoms with Gasteiger partial charge in [-0.15, -0.1) is 0 Å². The number of benzene rings is 1. The van der Waals surface area contributed by atoms with Crippen LogP contribution in [0.1, 0.15) is 0 Å². The van der Waals surface area contributed by atoms with Gasteiger partial charge < -0.3 is 4.98 Å². The van der Waals surface area contributed by atoms with Gasteiger partial charge in [0.05, 0.1) is 11.7 Å². The maximum absolute atomic E-state index is 13.1. The third kappa shape index (κ3) is 1.82. The monoisotopic (exact) mass is 291 g/mol. The Kier molecular flexibility index (Phi) is 2.40. The first-order valence-electron chi connectivity index (χ1n) is 4.99. The second-order valence-electron chi connectivity index (χ2n) is 3.61. The van der Waals surface area contributed by atoms with Crippen molar-refractivity contribution in [2.75, 3.05) is 0 Å².